The number of rotatable bonds is 5. The van der Waals surface area contributed by atoms with Gasteiger partial charge in [-0.3, -0.25) is 25.2 Å². The molecule has 1 aliphatic rings. The Hall–Kier alpha value is -4.34. The molecule has 0 fully saturated rings. The van der Waals surface area contributed by atoms with E-state index in [1.807, 2.05) is 11.5 Å². The van der Waals surface area contributed by atoms with Gasteiger partial charge < -0.3 is 19.4 Å². The fraction of sp³-hybridized carbons (Fsp3) is 0.174. The number of carbonyl (C=O) groups excluding carboxylic acids is 3. The van der Waals surface area contributed by atoms with Gasteiger partial charge in [-0.05, 0) is 62.4 Å². The Balaban J connectivity index is 1.32. The summed E-state index contributed by atoms with van der Waals surface area (Å²) in [6.07, 6.45) is 0. The monoisotopic (exact) mass is 452 g/mol. The highest BCUT2D eigenvalue weighted by Crippen LogP contribution is 2.32. The Morgan fingerprint density at radius 2 is 1.67 bits per heavy atom. The highest BCUT2D eigenvalue weighted by atomic mass is 19.1. The van der Waals surface area contributed by atoms with Crippen molar-refractivity contribution in [3.63, 3.8) is 0 Å². The number of nitrogens with one attached hydrogen (secondary N) is 3. The number of hydrazine groups is 1. The van der Waals surface area contributed by atoms with Crippen LogP contribution in [0.1, 0.15) is 32.1 Å². The molecule has 0 radical (unpaired) electrons. The second-order valence-corrected chi connectivity index (χ2v) is 7.35. The van der Waals surface area contributed by atoms with E-state index >= 15 is 0 Å². The molecule has 1 aliphatic heterocycles. The summed E-state index contributed by atoms with van der Waals surface area (Å²) in [4.78, 5) is 36.9. The molecule has 10 heteroatoms. The lowest BCUT2D eigenvalue weighted by molar-refractivity contribution is -0.120. The molecule has 2 heterocycles. The summed E-state index contributed by atoms with van der Waals surface area (Å²) in [5, 5.41) is 2.47. The summed E-state index contributed by atoms with van der Waals surface area (Å²) < 4.78 is 25.5. The van der Waals surface area contributed by atoms with E-state index in [9.17, 15) is 18.8 Å². The van der Waals surface area contributed by atoms with Gasteiger partial charge in [-0.15, -0.1) is 0 Å². The standard InChI is InChI=1S/C23H21FN4O5/c1-13-9-18(14(2)28(13)17-6-4-16(24)5-7-17)23(31)27-26-21(29)11-25-22(30)15-3-8-19-20(10-15)33-12-32-19/h3-10H,11-12H2,1-2H3,(H,25,30)(H,26,29)(H,27,31). The molecule has 170 valence electrons. The first kappa shape index (κ1) is 21.9. The molecule has 4 rings (SSSR count). The SMILES string of the molecule is Cc1cc(C(=O)NNC(=O)CNC(=O)c2ccc3c(c2)OCO3)c(C)n1-c1ccc(F)cc1. The minimum absolute atomic E-state index is 0.0921. The van der Waals surface area contributed by atoms with Crippen molar-refractivity contribution < 1.29 is 28.2 Å². The van der Waals surface area contributed by atoms with Gasteiger partial charge in [0, 0.05) is 22.6 Å². The molecule has 0 bridgehead atoms. The Morgan fingerprint density at radius 1 is 0.939 bits per heavy atom. The molecule has 0 unspecified atom stereocenters. The number of amides is 3. The van der Waals surface area contributed by atoms with Crippen LogP contribution in [0.3, 0.4) is 0 Å². The second kappa shape index (κ2) is 9.03. The first-order valence-electron chi connectivity index (χ1n) is 10.1. The van der Waals surface area contributed by atoms with E-state index < -0.39 is 17.7 Å². The van der Waals surface area contributed by atoms with Crippen molar-refractivity contribution in [1.82, 2.24) is 20.7 Å². The lowest BCUT2D eigenvalue weighted by Gasteiger charge is -2.11. The summed E-state index contributed by atoms with van der Waals surface area (Å²) in [5.74, 6) is -0.954. The average Bonchev–Trinajstić information content (AvgIpc) is 3.39. The molecule has 0 atom stereocenters. The fourth-order valence-electron chi connectivity index (χ4n) is 3.52. The van der Waals surface area contributed by atoms with Crippen LogP contribution in [-0.2, 0) is 4.79 Å². The maximum absolute atomic E-state index is 13.2. The van der Waals surface area contributed by atoms with Crippen molar-refractivity contribution in [3.05, 3.63) is 76.9 Å². The van der Waals surface area contributed by atoms with Gasteiger partial charge in [0.2, 0.25) is 6.79 Å². The highest BCUT2D eigenvalue weighted by molar-refractivity contribution is 5.99. The number of ether oxygens (including phenoxy) is 2. The van der Waals surface area contributed by atoms with Crippen molar-refractivity contribution in [1.29, 1.82) is 0 Å². The number of benzene rings is 2. The van der Waals surface area contributed by atoms with Crippen LogP contribution in [0.2, 0.25) is 0 Å². The van der Waals surface area contributed by atoms with Crippen molar-refractivity contribution in [2.45, 2.75) is 13.8 Å². The van der Waals surface area contributed by atoms with Crippen molar-refractivity contribution >= 4 is 17.7 Å². The van der Waals surface area contributed by atoms with Gasteiger partial charge in [0.25, 0.3) is 17.7 Å². The zero-order valence-electron chi connectivity index (χ0n) is 17.9. The Labute approximate surface area is 188 Å². The van der Waals surface area contributed by atoms with Gasteiger partial charge in [-0.1, -0.05) is 0 Å². The number of nitrogens with zero attached hydrogens (tertiary/aromatic N) is 1. The van der Waals surface area contributed by atoms with E-state index in [0.29, 0.717) is 34.0 Å². The Morgan fingerprint density at radius 3 is 2.42 bits per heavy atom. The van der Waals surface area contributed by atoms with E-state index in [4.69, 9.17) is 9.47 Å². The van der Waals surface area contributed by atoms with Crippen LogP contribution in [-0.4, -0.2) is 35.6 Å². The largest absolute Gasteiger partial charge is 0.454 e. The molecule has 0 aliphatic carbocycles. The first-order chi connectivity index (χ1) is 15.8. The van der Waals surface area contributed by atoms with Crippen LogP contribution in [0.5, 0.6) is 11.5 Å². The third-order valence-electron chi connectivity index (χ3n) is 5.12. The van der Waals surface area contributed by atoms with E-state index in [2.05, 4.69) is 16.2 Å². The van der Waals surface area contributed by atoms with Crippen LogP contribution in [0, 0.1) is 19.7 Å². The van der Waals surface area contributed by atoms with Crippen molar-refractivity contribution in [2.24, 2.45) is 0 Å². The van der Waals surface area contributed by atoms with Gasteiger partial charge in [0.05, 0.1) is 12.1 Å². The van der Waals surface area contributed by atoms with E-state index in [1.165, 1.54) is 18.2 Å². The summed E-state index contributed by atoms with van der Waals surface area (Å²) in [6.45, 7) is 3.31. The molecule has 3 amide bonds. The quantitative estimate of drug-likeness (QED) is 0.514. The van der Waals surface area contributed by atoms with E-state index in [1.54, 1.807) is 37.3 Å². The van der Waals surface area contributed by atoms with Crippen LogP contribution in [0.4, 0.5) is 4.39 Å². The van der Waals surface area contributed by atoms with Gasteiger partial charge >= 0.3 is 0 Å². The van der Waals surface area contributed by atoms with Crippen LogP contribution >= 0.6 is 0 Å². The zero-order valence-corrected chi connectivity index (χ0v) is 17.9. The normalized spacial score (nSPS) is 11.7. The van der Waals surface area contributed by atoms with E-state index in [-0.39, 0.29) is 19.2 Å². The number of carbonyl (C=O) groups is 3. The topological polar surface area (TPSA) is 111 Å². The number of aryl methyl sites for hydroxylation is 1. The molecule has 33 heavy (non-hydrogen) atoms. The third kappa shape index (κ3) is 4.64. The third-order valence-corrected chi connectivity index (χ3v) is 5.12. The Bertz CT molecular complexity index is 1240. The van der Waals surface area contributed by atoms with Gasteiger partial charge in [0.1, 0.15) is 5.82 Å². The summed E-state index contributed by atoms with van der Waals surface area (Å²) in [7, 11) is 0. The predicted octanol–water partition coefficient (Wildman–Crippen LogP) is 2.15. The van der Waals surface area contributed by atoms with Gasteiger partial charge in [-0.25, -0.2) is 4.39 Å². The zero-order chi connectivity index (χ0) is 23.5. The molecule has 3 aromatic rings. The number of halogens is 1. The molecule has 3 N–H and O–H groups in total. The Kier molecular flexibility index (Phi) is 5.99. The van der Waals surface area contributed by atoms with Crippen LogP contribution in [0.15, 0.2) is 48.5 Å². The summed E-state index contributed by atoms with van der Waals surface area (Å²) in [6, 6.07) is 12.3. The first-order valence-corrected chi connectivity index (χ1v) is 10.1. The molecule has 2 aromatic carbocycles. The average molecular weight is 452 g/mol. The number of hydrogen-bond donors (Lipinski definition) is 3. The lowest BCUT2D eigenvalue weighted by atomic mass is 10.2. The highest BCUT2D eigenvalue weighted by Gasteiger charge is 2.19. The molecule has 0 saturated heterocycles. The van der Waals surface area contributed by atoms with Crippen molar-refractivity contribution in [3.8, 4) is 17.2 Å². The van der Waals surface area contributed by atoms with Crippen LogP contribution < -0.4 is 25.6 Å². The molecule has 1 aromatic heterocycles. The molecule has 0 saturated carbocycles. The minimum Gasteiger partial charge on any atom is -0.454 e. The van der Waals surface area contributed by atoms with Crippen molar-refractivity contribution in [2.75, 3.05) is 13.3 Å². The number of fused-ring (bicyclic) bond motifs is 1. The smallest absolute Gasteiger partial charge is 0.271 e. The lowest BCUT2D eigenvalue weighted by Crippen LogP contribution is -2.46. The second-order valence-electron chi connectivity index (χ2n) is 7.35. The summed E-state index contributed by atoms with van der Waals surface area (Å²) in [5.41, 5.74) is 7.38. The summed E-state index contributed by atoms with van der Waals surface area (Å²) >= 11 is 0. The predicted molar refractivity (Wildman–Crippen MR) is 116 cm³/mol. The maximum Gasteiger partial charge on any atom is 0.271 e. The van der Waals surface area contributed by atoms with Gasteiger partial charge in [0.15, 0.2) is 11.5 Å². The molecule has 9 nitrogen and oxygen atoms in total. The molecular weight excluding hydrogens is 431 g/mol. The van der Waals surface area contributed by atoms with Crippen LogP contribution in [0.25, 0.3) is 5.69 Å². The van der Waals surface area contributed by atoms with Gasteiger partial charge in [-0.2, -0.15) is 0 Å². The molecule has 0 spiro atoms. The number of hydrogen-bond acceptors (Lipinski definition) is 5. The minimum atomic E-state index is -0.607. The fourth-order valence-corrected chi connectivity index (χ4v) is 3.52. The van der Waals surface area contributed by atoms with E-state index in [0.717, 1.165) is 5.69 Å². The number of aromatic nitrogens is 1. The molecular formula is C23H21FN4O5. The maximum atomic E-state index is 13.2.